The Morgan fingerprint density at radius 1 is 0.544 bits per heavy atom. The summed E-state index contributed by atoms with van der Waals surface area (Å²) in [6, 6.07) is -12.3. The van der Waals surface area contributed by atoms with Gasteiger partial charge in [0, 0.05) is 13.0 Å². The molecule has 68 heavy (non-hydrogen) atoms. The first-order valence-corrected chi connectivity index (χ1v) is 23.2. The molecule has 1 fully saturated rings. The zero-order valence-corrected chi connectivity index (χ0v) is 40.7. The highest BCUT2D eigenvalue weighted by Crippen LogP contribution is 2.20. The van der Waals surface area contributed by atoms with Crippen LogP contribution in [0, 0.1) is 23.7 Å². The van der Waals surface area contributed by atoms with Gasteiger partial charge in [0.1, 0.15) is 42.3 Å². The number of hydrogen-bond donors (Lipinski definition) is 13. The molecule has 0 aromatic heterocycles. The highest BCUT2D eigenvalue weighted by molar-refractivity contribution is 5.98. The molecule has 0 spiro atoms. The van der Waals surface area contributed by atoms with Crippen LogP contribution in [0.4, 0.5) is 0 Å². The first-order chi connectivity index (χ1) is 31.6. The average Bonchev–Trinajstić information content (AvgIpc) is 3.73. The standard InChI is InChI=1S/C44H77N9O15/c1-21(2)15-27(46-36(59)26(45)12-13-34(57)58)40(63)51-32(20-55)43(66)53-14-10-11-33(53)42(65)49-30(18-24(7)8)38(61)47-28(16-22(3)4)37(60)48-29(17-23(5)6)39(62)50-31(19-54)41(64)52-35(25(9)56)44(67)68/h21-33,35,54-56H,10-20,45H2,1-9H3,(H,46,59)(H,47,61)(H,48,60)(H,49,65)(H,50,62)(H,51,63)(H,52,64)(H,57,58)(H,67,68)/t25-,26+,27+,28+,29+,30+,31+,32+,33+,35+/m1/s1. The number of aliphatic carboxylic acids is 2. The number of carbonyl (C=O) groups excluding carboxylic acids is 8. The number of nitrogens with zero attached hydrogens (tertiary/aromatic N) is 1. The number of carbonyl (C=O) groups is 10. The fourth-order valence-corrected chi connectivity index (χ4v) is 7.38. The summed E-state index contributed by atoms with van der Waals surface area (Å²) in [5.74, 6) is -10.1. The summed E-state index contributed by atoms with van der Waals surface area (Å²) in [4.78, 5) is 132. The summed E-state index contributed by atoms with van der Waals surface area (Å²) in [6.45, 7) is 13.6. The van der Waals surface area contributed by atoms with Gasteiger partial charge in [0.2, 0.25) is 47.3 Å². The molecule has 0 saturated carbocycles. The molecule has 0 aliphatic carbocycles. The van der Waals surface area contributed by atoms with E-state index in [0.29, 0.717) is 6.42 Å². The van der Waals surface area contributed by atoms with Crippen LogP contribution >= 0.6 is 0 Å². The van der Waals surface area contributed by atoms with Crippen LogP contribution in [0.5, 0.6) is 0 Å². The Hall–Kier alpha value is -5.46. The number of carboxylic acids is 2. The molecular formula is C44H77N9O15. The molecule has 0 aromatic rings. The van der Waals surface area contributed by atoms with Crippen molar-refractivity contribution in [2.75, 3.05) is 19.8 Å². The SMILES string of the molecule is CC(C)C[C@H](NC(=O)[C@H](CC(C)C)NC(=O)[C@H](CC(C)C)NC(=O)[C@@H]1CCCN1C(=O)[C@H](CO)NC(=O)[C@H](CC(C)C)NC(=O)[C@@H](N)CCC(=O)O)C(=O)N[C@@H](CO)C(=O)N[C@H](C(=O)O)[C@@H](C)O. The fraction of sp³-hybridized carbons (Fsp3) is 0.773. The Kier molecular flexibility index (Phi) is 26.2. The zero-order chi connectivity index (χ0) is 52.2. The van der Waals surface area contributed by atoms with Crippen LogP contribution in [0.2, 0.25) is 0 Å². The normalized spacial score (nSPS) is 17.7. The van der Waals surface area contributed by atoms with Crippen molar-refractivity contribution in [3.05, 3.63) is 0 Å². The number of nitrogens with two attached hydrogens (primary N) is 1. The topological polar surface area (TPSA) is 385 Å². The number of carboxylic acid groups (broad SMARTS) is 2. The van der Waals surface area contributed by atoms with Crippen molar-refractivity contribution in [3.63, 3.8) is 0 Å². The number of likely N-dealkylation sites (tertiary alicyclic amines) is 1. The van der Waals surface area contributed by atoms with E-state index >= 15 is 0 Å². The van der Waals surface area contributed by atoms with Gasteiger partial charge in [-0.2, -0.15) is 0 Å². The van der Waals surface area contributed by atoms with Crippen LogP contribution in [0.1, 0.15) is 114 Å². The van der Waals surface area contributed by atoms with Crippen molar-refractivity contribution in [1.29, 1.82) is 0 Å². The Balaban J connectivity index is 3.28. The zero-order valence-electron chi connectivity index (χ0n) is 40.7. The highest BCUT2D eigenvalue weighted by Gasteiger charge is 2.40. The molecule has 0 radical (unpaired) electrons. The number of amides is 8. The van der Waals surface area contributed by atoms with Gasteiger partial charge in [-0.15, -0.1) is 0 Å². The van der Waals surface area contributed by atoms with Crippen LogP contribution in [-0.2, 0) is 47.9 Å². The number of aliphatic hydroxyl groups is 3. The molecular weight excluding hydrogens is 895 g/mol. The van der Waals surface area contributed by atoms with Gasteiger partial charge in [0.05, 0.1) is 25.4 Å². The minimum Gasteiger partial charge on any atom is -0.481 e. The lowest BCUT2D eigenvalue weighted by atomic mass is 9.98. The third-order valence-electron chi connectivity index (χ3n) is 10.9. The predicted octanol–water partition coefficient (Wildman–Crippen LogP) is -2.80. The van der Waals surface area contributed by atoms with Gasteiger partial charge >= 0.3 is 11.9 Å². The van der Waals surface area contributed by atoms with Gasteiger partial charge in [-0.1, -0.05) is 55.4 Å². The maximum atomic E-state index is 14.0. The van der Waals surface area contributed by atoms with E-state index < -0.39 is 133 Å². The van der Waals surface area contributed by atoms with Gasteiger partial charge in [-0.25, -0.2) is 4.79 Å². The largest absolute Gasteiger partial charge is 0.481 e. The van der Waals surface area contributed by atoms with Gasteiger partial charge < -0.3 is 73.4 Å². The van der Waals surface area contributed by atoms with Crippen molar-refractivity contribution in [1.82, 2.24) is 42.1 Å². The Morgan fingerprint density at radius 2 is 0.912 bits per heavy atom. The molecule has 0 bridgehead atoms. The van der Waals surface area contributed by atoms with E-state index in [1.54, 1.807) is 55.4 Å². The van der Waals surface area contributed by atoms with Crippen LogP contribution in [0.15, 0.2) is 0 Å². The molecule has 1 saturated heterocycles. The third kappa shape index (κ3) is 20.8. The molecule has 1 rings (SSSR count). The van der Waals surface area contributed by atoms with Gasteiger partial charge in [-0.05, 0) is 75.5 Å². The smallest absolute Gasteiger partial charge is 0.328 e. The van der Waals surface area contributed by atoms with Crippen molar-refractivity contribution >= 4 is 59.2 Å². The maximum Gasteiger partial charge on any atom is 0.328 e. The molecule has 388 valence electrons. The van der Waals surface area contributed by atoms with E-state index in [-0.39, 0.29) is 75.2 Å². The second kappa shape index (κ2) is 29.4. The van der Waals surface area contributed by atoms with Crippen LogP contribution < -0.4 is 43.0 Å². The molecule has 1 heterocycles. The average molecular weight is 972 g/mol. The Labute approximate surface area is 397 Å². The van der Waals surface area contributed by atoms with Crippen molar-refractivity contribution in [2.24, 2.45) is 29.4 Å². The van der Waals surface area contributed by atoms with Gasteiger partial charge in [0.25, 0.3) is 0 Å². The molecule has 14 N–H and O–H groups in total. The van der Waals surface area contributed by atoms with Crippen LogP contribution in [-0.4, -0.2) is 170 Å². The number of nitrogens with one attached hydrogen (secondary N) is 7. The number of hydrogen-bond acceptors (Lipinski definition) is 14. The lowest BCUT2D eigenvalue weighted by Crippen LogP contribution is -2.61. The van der Waals surface area contributed by atoms with Crippen molar-refractivity contribution < 1.29 is 73.5 Å². The summed E-state index contributed by atoms with van der Waals surface area (Å²) in [5.41, 5.74) is 5.83. The monoisotopic (exact) mass is 972 g/mol. The predicted molar refractivity (Wildman–Crippen MR) is 244 cm³/mol. The minimum absolute atomic E-state index is 0.0363. The Bertz CT molecular complexity index is 1740. The van der Waals surface area contributed by atoms with E-state index in [1.807, 2.05) is 0 Å². The fourth-order valence-electron chi connectivity index (χ4n) is 7.38. The highest BCUT2D eigenvalue weighted by atomic mass is 16.4. The molecule has 10 atom stereocenters. The number of aliphatic hydroxyl groups excluding tert-OH is 3. The molecule has 8 amide bonds. The Morgan fingerprint density at radius 3 is 1.28 bits per heavy atom. The molecule has 1 aliphatic rings. The lowest BCUT2D eigenvalue weighted by Gasteiger charge is -2.31. The minimum atomic E-state index is -1.75. The first kappa shape index (κ1) is 60.6. The molecule has 0 aromatic carbocycles. The van der Waals surface area contributed by atoms with Gasteiger partial charge in [-0.3, -0.25) is 43.2 Å². The van der Waals surface area contributed by atoms with Crippen LogP contribution in [0.25, 0.3) is 0 Å². The van der Waals surface area contributed by atoms with E-state index in [9.17, 15) is 68.4 Å². The summed E-state index contributed by atoms with van der Waals surface area (Å²) < 4.78 is 0. The van der Waals surface area contributed by atoms with E-state index in [0.717, 1.165) is 6.92 Å². The number of rotatable bonds is 30. The molecule has 0 unspecified atom stereocenters. The summed E-state index contributed by atoms with van der Waals surface area (Å²) >= 11 is 0. The van der Waals surface area contributed by atoms with Gasteiger partial charge in [0.15, 0.2) is 6.04 Å². The third-order valence-corrected chi connectivity index (χ3v) is 10.9. The first-order valence-electron chi connectivity index (χ1n) is 23.2. The van der Waals surface area contributed by atoms with E-state index in [4.69, 9.17) is 10.8 Å². The summed E-state index contributed by atoms with van der Waals surface area (Å²) in [6.07, 6.45) is -1.26. The maximum absolute atomic E-state index is 14.0. The van der Waals surface area contributed by atoms with Crippen molar-refractivity contribution in [3.8, 4) is 0 Å². The quantitative estimate of drug-likeness (QED) is 0.0346. The second-order valence-corrected chi connectivity index (χ2v) is 19.0. The van der Waals surface area contributed by atoms with Crippen LogP contribution in [0.3, 0.4) is 0 Å². The molecule has 24 nitrogen and oxygen atoms in total. The lowest BCUT2D eigenvalue weighted by molar-refractivity contribution is -0.145. The molecule has 24 heteroatoms. The van der Waals surface area contributed by atoms with E-state index in [2.05, 4.69) is 37.2 Å². The summed E-state index contributed by atoms with van der Waals surface area (Å²) in [7, 11) is 0. The summed E-state index contributed by atoms with van der Waals surface area (Å²) in [5, 5.41) is 65.6. The molecule has 1 aliphatic heterocycles. The van der Waals surface area contributed by atoms with Crippen molar-refractivity contribution in [2.45, 2.75) is 174 Å². The van der Waals surface area contributed by atoms with E-state index in [1.165, 1.54) is 4.90 Å². The second-order valence-electron chi connectivity index (χ2n) is 19.0.